The van der Waals surface area contributed by atoms with Gasteiger partial charge < -0.3 is 4.74 Å². The zero-order chi connectivity index (χ0) is 18.5. The molecule has 0 aliphatic rings. The quantitative estimate of drug-likeness (QED) is 0.752. The van der Waals surface area contributed by atoms with Crippen LogP contribution in [-0.2, 0) is 20.5 Å². The molecule has 0 fully saturated rings. The van der Waals surface area contributed by atoms with Crippen LogP contribution in [-0.4, -0.2) is 28.5 Å². The number of carbonyl (C=O) groups is 1. The molecular weight excluding hydrogens is 343 g/mol. The van der Waals surface area contributed by atoms with Crippen LogP contribution in [0.1, 0.15) is 32.8 Å². The maximum absolute atomic E-state index is 13.8. The molecule has 1 N–H and O–H groups in total. The first-order valence-corrected chi connectivity index (χ1v) is 8.68. The topological polar surface area (TPSA) is 55.4 Å². The molecule has 1 aromatic rings. The molecule has 0 saturated carbocycles. The van der Waals surface area contributed by atoms with E-state index in [-0.39, 0.29) is 11.5 Å². The molecule has 4 nitrogen and oxygen atoms in total. The van der Waals surface area contributed by atoms with Crippen molar-refractivity contribution in [2.75, 3.05) is 6.61 Å². The van der Waals surface area contributed by atoms with Crippen molar-refractivity contribution in [3.05, 3.63) is 29.8 Å². The number of hydrogen-bond donors (Lipinski definition) is 1. The number of carbonyl (C=O) groups excluding carboxylic acids is 1. The van der Waals surface area contributed by atoms with Crippen molar-refractivity contribution >= 4 is 17.0 Å². The van der Waals surface area contributed by atoms with Gasteiger partial charge in [0.15, 0.2) is 0 Å². The highest BCUT2D eigenvalue weighted by atomic mass is 32.2. The minimum absolute atomic E-state index is 0.155. The summed E-state index contributed by atoms with van der Waals surface area (Å²) in [4.78, 5) is 12.3. The summed E-state index contributed by atoms with van der Waals surface area (Å²) in [6.07, 6.45) is -5.53. The monoisotopic (exact) mass is 365 g/mol. The van der Waals surface area contributed by atoms with Gasteiger partial charge in [-0.25, -0.2) is 13.7 Å². The van der Waals surface area contributed by atoms with Gasteiger partial charge in [0, 0.05) is 0 Å². The van der Waals surface area contributed by atoms with Crippen molar-refractivity contribution in [3.63, 3.8) is 0 Å². The van der Waals surface area contributed by atoms with Gasteiger partial charge in [-0.15, -0.1) is 0 Å². The third-order valence-corrected chi connectivity index (χ3v) is 4.56. The Morgan fingerprint density at radius 2 is 1.79 bits per heavy atom. The number of ether oxygens (including phenoxy) is 1. The zero-order valence-electron chi connectivity index (χ0n) is 14.1. The molecule has 136 valence electrons. The van der Waals surface area contributed by atoms with Crippen LogP contribution in [0, 0.1) is 12.8 Å². The van der Waals surface area contributed by atoms with Crippen LogP contribution in [0.25, 0.3) is 0 Å². The molecule has 1 unspecified atom stereocenters. The van der Waals surface area contributed by atoms with Crippen LogP contribution >= 0.6 is 0 Å². The second-order valence-electron chi connectivity index (χ2n) is 5.91. The summed E-state index contributed by atoms with van der Waals surface area (Å²) in [6, 6.07) is 6.19. The van der Waals surface area contributed by atoms with E-state index in [4.69, 9.17) is 0 Å². The number of aryl methyl sites for hydroxylation is 1. The van der Waals surface area contributed by atoms with Crippen molar-refractivity contribution in [1.29, 1.82) is 0 Å². The van der Waals surface area contributed by atoms with E-state index in [9.17, 15) is 22.2 Å². The largest absolute Gasteiger partial charge is 0.464 e. The Balaban J connectivity index is 3.27. The molecule has 0 aliphatic carbocycles. The van der Waals surface area contributed by atoms with Gasteiger partial charge in [-0.3, -0.25) is 0 Å². The molecule has 0 spiro atoms. The van der Waals surface area contributed by atoms with Gasteiger partial charge >= 0.3 is 12.1 Å². The lowest BCUT2D eigenvalue weighted by Crippen LogP contribution is -2.64. The predicted octanol–water partition coefficient (Wildman–Crippen LogP) is 3.52. The van der Waals surface area contributed by atoms with Gasteiger partial charge in [-0.05, 0) is 38.3 Å². The van der Waals surface area contributed by atoms with E-state index in [0.717, 1.165) is 5.56 Å². The molecule has 0 saturated heterocycles. The minimum Gasteiger partial charge on any atom is -0.464 e. The maximum atomic E-state index is 13.8. The Labute approximate surface area is 142 Å². The Morgan fingerprint density at radius 3 is 2.21 bits per heavy atom. The normalized spacial score (nSPS) is 15.8. The van der Waals surface area contributed by atoms with E-state index < -0.39 is 41.0 Å². The summed E-state index contributed by atoms with van der Waals surface area (Å²) in [5.41, 5.74) is -2.14. The lowest BCUT2D eigenvalue weighted by atomic mass is 9.89. The Hall–Kier alpha value is -1.41. The molecular formula is C16H22F3NO3S. The summed E-state index contributed by atoms with van der Waals surface area (Å²) in [5.74, 6) is -1.94. The maximum Gasteiger partial charge on any atom is 0.418 e. The molecule has 0 bridgehead atoms. The Bertz CT molecular complexity index is 587. The lowest BCUT2D eigenvalue weighted by Gasteiger charge is -2.34. The predicted molar refractivity (Wildman–Crippen MR) is 85.6 cm³/mol. The average Bonchev–Trinajstić information content (AvgIpc) is 2.45. The summed E-state index contributed by atoms with van der Waals surface area (Å²) < 4.78 is 60.3. The Kier molecular flexibility index (Phi) is 6.97. The van der Waals surface area contributed by atoms with Crippen LogP contribution in [0.4, 0.5) is 13.2 Å². The lowest BCUT2D eigenvalue weighted by molar-refractivity contribution is -0.212. The van der Waals surface area contributed by atoms with E-state index >= 15 is 0 Å². The number of benzene rings is 1. The molecule has 0 aromatic heterocycles. The average molecular weight is 365 g/mol. The highest BCUT2D eigenvalue weighted by Gasteiger charge is 2.62. The second-order valence-corrected chi connectivity index (χ2v) is 7.12. The molecule has 0 amide bonds. The Morgan fingerprint density at radius 1 is 1.25 bits per heavy atom. The number of halogens is 3. The second kappa shape index (κ2) is 8.11. The number of nitrogens with one attached hydrogen (secondary N) is 1. The summed E-state index contributed by atoms with van der Waals surface area (Å²) in [6.45, 7) is 6.13. The van der Waals surface area contributed by atoms with Gasteiger partial charge in [-0.1, -0.05) is 31.5 Å². The van der Waals surface area contributed by atoms with Crippen LogP contribution in [0.15, 0.2) is 29.2 Å². The smallest absolute Gasteiger partial charge is 0.418 e. The minimum atomic E-state index is -4.95. The van der Waals surface area contributed by atoms with Gasteiger partial charge in [0.25, 0.3) is 0 Å². The van der Waals surface area contributed by atoms with Crippen LogP contribution in [0.3, 0.4) is 0 Å². The first kappa shape index (κ1) is 20.6. The molecule has 8 heteroatoms. The third kappa shape index (κ3) is 4.80. The van der Waals surface area contributed by atoms with Crippen molar-refractivity contribution in [1.82, 2.24) is 4.72 Å². The molecule has 1 aromatic carbocycles. The van der Waals surface area contributed by atoms with Gasteiger partial charge in [0.05, 0.1) is 11.5 Å². The van der Waals surface area contributed by atoms with Gasteiger partial charge in [0.2, 0.25) is 5.54 Å². The SMILES string of the molecule is CCOC(=O)[C@](CC(C)C)(NS(=O)c1ccc(C)cc1)C(F)(F)F. The first-order chi connectivity index (χ1) is 11.0. The summed E-state index contributed by atoms with van der Waals surface area (Å²) in [5, 5.41) is 0. The fourth-order valence-electron chi connectivity index (χ4n) is 2.20. The number of esters is 1. The number of hydrogen-bond acceptors (Lipinski definition) is 3. The highest BCUT2D eigenvalue weighted by molar-refractivity contribution is 7.83. The van der Waals surface area contributed by atoms with E-state index in [1.807, 2.05) is 4.72 Å². The first-order valence-electron chi connectivity index (χ1n) is 7.53. The van der Waals surface area contributed by atoms with Crippen LogP contribution in [0.5, 0.6) is 0 Å². The fourth-order valence-corrected chi connectivity index (χ4v) is 3.30. The molecule has 0 aliphatic heterocycles. The van der Waals surface area contributed by atoms with Crippen molar-refractivity contribution < 1.29 is 26.9 Å². The van der Waals surface area contributed by atoms with E-state index in [1.54, 1.807) is 32.9 Å². The van der Waals surface area contributed by atoms with E-state index in [2.05, 4.69) is 4.74 Å². The number of rotatable bonds is 7. The standard InChI is InChI=1S/C16H22F3NO3S/c1-5-23-14(21)15(10-11(2)3,16(17,18)19)20-24(22)13-8-6-12(4)7-9-13/h6-9,11,20H,5,10H2,1-4H3/t15-,24?/m0/s1. The van der Waals surface area contributed by atoms with Gasteiger partial charge in [0.1, 0.15) is 11.0 Å². The van der Waals surface area contributed by atoms with Crippen molar-refractivity contribution in [2.45, 2.75) is 50.7 Å². The molecule has 2 atom stereocenters. The molecule has 0 radical (unpaired) electrons. The molecule has 24 heavy (non-hydrogen) atoms. The molecule has 0 heterocycles. The number of alkyl halides is 3. The highest BCUT2D eigenvalue weighted by Crippen LogP contribution is 2.37. The molecule has 1 rings (SSSR count). The zero-order valence-corrected chi connectivity index (χ0v) is 14.9. The van der Waals surface area contributed by atoms with Crippen molar-refractivity contribution in [3.8, 4) is 0 Å². The third-order valence-electron chi connectivity index (χ3n) is 3.32. The summed E-state index contributed by atoms with van der Waals surface area (Å²) >= 11 is 0. The van der Waals surface area contributed by atoms with Crippen LogP contribution in [0.2, 0.25) is 0 Å². The fraction of sp³-hybridized carbons (Fsp3) is 0.562. The summed E-state index contributed by atoms with van der Waals surface area (Å²) in [7, 11) is -2.22. The van der Waals surface area contributed by atoms with Crippen molar-refractivity contribution in [2.24, 2.45) is 5.92 Å². The van der Waals surface area contributed by atoms with E-state index in [1.165, 1.54) is 19.1 Å². The van der Waals surface area contributed by atoms with Crippen LogP contribution < -0.4 is 4.72 Å². The van der Waals surface area contributed by atoms with E-state index in [0.29, 0.717) is 0 Å². The van der Waals surface area contributed by atoms with Gasteiger partial charge in [-0.2, -0.15) is 13.2 Å².